The number of nitrogens with zero attached hydrogens (tertiary/aromatic N) is 1. The number of nitrogens with two attached hydrogens (primary N) is 1. The van der Waals surface area contributed by atoms with Crippen LogP contribution in [0.4, 0.5) is 0 Å². The molecule has 1 aromatic rings. The molecule has 0 bridgehead atoms. The highest BCUT2D eigenvalue weighted by Gasteiger charge is 2.04. The van der Waals surface area contributed by atoms with Crippen LogP contribution in [0, 0.1) is 12.8 Å². The lowest BCUT2D eigenvalue weighted by Crippen LogP contribution is -2.07. The molecule has 0 aliphatic heterocycles. The van der Waals surface area contributed by atoms with Crippen LogP contribution in [-0.4, -0.2) is 11.6 Å². The molecule has 3 nitrogen and oxygen atoms in total. The second-order valence-electron chi connectivity index (χ2n) is 4.49. The fraction of sp³-hybridized carbons (Fsp3) is 0.615. The number of aryl methyl sites for hydroxylation is 1. The van der Waals surface area contributed by atoms with Gasteiger partial charge in [-0.25, -0.2) is 0 Å². The number of ether oxygens (including phenoxy) is 1. The van der Waals surface area contributed by atoms with Crippen LogP contribution in [0.2, 0.25) is 0 Å². The van der Waals surface area contributed by atoms with Gasteiger partial charge in [0.1, 0.15) is 5.75 Å². The van der Waals surface area contributed by atoms with Crippen LogP contribution in [0.1, 0.15) is 38.1 Å². The Morgan fingerprint density at radius 2 is 2.12 bits per heavy atom. The third-order valence-corrected chi connectivity index (χ3v) is 2.45. The van der Waals surface area contributed by atoms with Crippen molar-refractivity contribution in [3.63, 3.8) is 0 Å². The maximum Gasteiger partial charge on any atom is 0.142 e. The third kappa shape index (κ3) is 4.19. The second kappa shape index (κ2) is 6.48. The normalized spacial score (nSPS) is 10.8. The standard InChI is InChI=1S/C13H22N2O/c1-10(2)5-4-8-16-13-7-6-11(3)15-12(13)9-14/h6-7,10H,4-5,8-9,14H2,1-3H3. The van der Waals surface area contributed by atoms with Crippen molar-refractivity contribution in [2.45, 2.75) is 40.2 Å². The van der Waals surface area contributed by atoms with E-state index in [1.54, 1.807) is 0 Å². The summed E-state index contributed by atoms with van der Waals surface area (Å²) in [5, 5.41) is 0. The van der Waals surface area contributed by atoms with E-state index in [2.05, 4.69) is 18.8 Å². The molecule has 0 amide bonds. The summed E-state index contributed by atoms with van der Waals surface area (Å²) in [5.74, 6) is 1.56. The molecule has 0 aromatic carbocycles. The van der Waals surface area contributed by atoms with E-state index >= 15 is 0 Å². The van der Waals surface area contributed by atoms with Gasteiger partial charge >= 0.3 is 0 Å². The molecule has 0 saturated heterocycles. The molecular formula is C13H22N2O. The number of rotatable bonds is 6. The van der Waals surface area contributed by atoms with Gasteiger partial charge in [0, 0.05) is 12.2 Å². The van der Waals surface area contributed by atoms with E-state index in [4.69, 9.17) is 10.5 Å². The van der Waals surface area contributed by atoms with Crippen LogP contribution in [0.15, 0.2) is 12.1 Å². The van der Waals surface area contributed by atoms with Gasteiger partial charge in [0.05, 0.1) is 12.3 Å². The van der Waals surface area contributed by atoms with E-state index < -0.39 is 0 Å². The average Bonchev–Trinajstić information content (AvgIpc) is 2.25. The predicted molar refractivity (Wildman–Crippen MR) is 66.4 cm³/mol. The van der Waals surface area contributed by atoms with E-state index in [9.17, 15) is 0 Å². The van der Waals surface area contributed by atoms with Gasteiger partial charge in [-0.1, -0.05) is 13.8 Å². The molecule has 0 saturated carbocycles. The number of aromatic nitrogens is 1. The summed E-state index contributed by atoms with van der Waals surface area (Å²) in [7, 11) is 0. The van der Waals surface area contributed by atoms with Crippen LogP contribution in [0.25, 0.3) is 0 Å². The molecule has 1 aromatic heterocycles. The first kappa shape index (κ1) is 13.0. The Bertz CT molecular complexity index is 324. The minimum Gasteiger partial charge on any atom is -0.492 e. The Morgan fingerprint density at radius 1 is 1.38 bits per heavy atom. The molecule has 1 rings (SSSR count). The van der Waals surface area contributed by atoms with Crippen LogP contribution in [-0.2, 0) is 6.54 Å². The summed E-state index contributed by atoms with van der Waals surface area (Å²) >= 11 is 0. The molecule has 0 aliphatic rings. The molecule has 0 unspecified atom stereocenters. The molecule has 2 N–H and O–H groups in total. The zero-order valence-corrected chi connectivity index (χ0v) is 10.5. The van der Waals surface area contributed by atoms with Gasteiger partial charge in [-0.3, -0.25) is 4.98 Å². The van der Waals surface area contributed by atoms with Gasteiger partial charge in [-0.2, -0.15) is 0 Å². The first-order valence-electron chi connectivity index (χ1n) is 5.93. The average molecular weight is 222 g/mol. The molecule has 3 heteroatoms. The van der Waals surface area contributed by atoms with Gasteiger partial charge in [0.2, 0.25) is 0 Å². The fourth-order valence-corrected chi connectivity index (χ4v) is 1.55. The predicted octanol–water partition coefficient (Wildman–Crippen LogP) is 2.66. The van der Waals surface area contributed by atoms with Crippen LogP contribution >= 0.6 is 0 Å². The Morgan fingerprint density at radius 3 is 2.75 bits per heavy atom. The van der Waals surface area contributed by atoms with Crippen molar-refractivity contribution in [1.82, 2.24) is 4.98 Å². The van der Waals surface area contributed by atoms with Crippen molar-refractivity contribution in [3.05, 3.63) is 23.5 Å². The van der Waals surface area contributed by atoms with Crippen molar-refractivity contribution in [1.29, 1.82) is 0 Å². The SMILES string of the molecule is Cc1ccc(OCCCC(C)C)c(CN)n1. The molecule has 0 radical (unpaired) electrons. The quantitative estimate of drug-likeness (QED) is 0.753. The van der Waals surface area contributed by atoms with Crippen LogP contribution in [0.5, 0.6) is 5.75 Å². The number of pyridine rings is 1. The Balaban J connectivity index is 2.47. The number of hydrogen-bond acceptors (Lipinski definition) is 3. The molecule has 1 heterocycles. The van der Waals surface area contributed by atoms with E-state index in [0.29, 0.717) is 6.54 Å². The summed E-state index contributed by atoms with van der Waals surface area (Å²) < 4.78 is 5.69. The van der Waals surface area contributed by atoms with Crippen molar-refractivity contribution >= 4 is 0 Å². The third-order valence-electron chi connectivity index (χ3n) is 2.45. The second-order valence-corrected chi connectivity index (χ2v) is 4.49. The number of hydrogen-bond donors (Lipinski definition) is 1. The highest BCUT2D eigenvalue weighted by molar-refractivity contribution is 5.29. The molecule has 16 heavy (non-hydrogen) atoms. The summed E-state index contributed by atoms with van der Waals surface area (Å²) in [6.07, 6.45) is 2.27. The smallest absolute Gasteiger partial charge is 0.142 e. The van der Waals surface area contributed by atoms with Crippen molar-refractivity contribution in [2.75, 3.05) is 6.61 Å². The van der Waals surface area contributed by atoms with E-state index in [1.807, 2.05) is 19.1 Å². The monoisotopic (exact) mass is 222 g/mol. The van der Waals surface area contributed by atoms with Crippen molar-refractivity contribution < 1.29 is 4.74 Å². The molecule has 0 fully saturated rings. The highest BCUT2D eigenvalue weighted by atomic mass is 16.5. The van der Waals surface area contributed by atoms with Gasteiger partial charge in [0.25, 0.3) is 0 Å². The van der Waals surface area contributed by atoms with Crippen molar-refractivity contribution in [2.24, 2.45) is 11.7 Å². The maximum absolute atomic E-state index is 5.69. The Labute approximate surface area is 98.0 Å². The Kier molecular flexibility index (Phi) is 5.26. The van der Waals surface area contributed by atoms with Gasteiger partial charge in [-0.05, 0) is 37.8 Å². The molecule has 0 aliphatic carbocycles. The van der Waals surface area contributed by atoms with E-state index in [-0.39, 0.29) is 0 Å². The van der Waals surface area contributed by atoms with Gasteiger partial charge in [0.15, 0.2) is 0 Å². The minimum atomic E-state index is 0.432. The molecule has 0 atom stereocenters. The lowest BCUT2D eigenvalue weighted by atomic mass is 10.1. The lowest BCUT2D eigenvalue weighted by Gasteiger charge is -2.11. The van der Waals surface area contributed by atoms with Crippen LogP contribution in [0.3, 0.4) is 0 Å². The zero-order chi connectivity index (χ0) is 12.0. The fourth-order valence-electron chi connectivity index (χ4n) is 1.55. The van der Waals surface area contributed by atoms with Crippen LogP contribution < -0.4 is 10.5 Å². The van der Waals surface area contributed by atoms with Gasteiger partial charge < -0.3 is 10.5 Å². The van der Waals surface area contributed by atoms with Crippen molar-refractivity contribution in [3.8, 4) is 5.75 Å². The maximum atomic E-state index is 5.69. The summed E-state index contributed by atoms with van der Waals surface area (Å²) in [6, 6.07) is 3.91. The van der Waals surface area contributed by atoms with E-state index in [1.165, 1.54) is 6.42 Å². The zero-order valence-electron chi connectivity index (χ0n) is 10.5. The summed E-state index contributed by atoms with van der Waals surface area (Å²) in [6.45, 7) is 7.58. The first-order valence-corrected chi connectivity index (χ1v) is 5.93. The van der Waals surface area contributed by atoms with E-state index in [0.717, 1.165) is 36.1 Å². The largest absolute Gasteiger partial charge is 0.492 e. The minimum absolute atomic E-state index is 0.432. The lowest BCUT2D eigenvalue weighted by molar-refractivity contribution is 0.293. The first-order chi connectivity index (χ1) is 7.63. The highest BCUT2D eigenvalue weighted by Crippen LogP contribution is 2.17. The summed E-state index contributed by atoms with van der Waals surface area (Å²) in [5.41, 5.74) is 7.46. The Hall–Kier alpha value is -1.09. The van der Waals surface area contributed by atoms with Gasteiger partial charge in [-0.15, -0.1) is 0 Å². The summed E-state index contributed by atoms with van der Waals surface area (Å²) in [4.78, 5) is 4.36. The molecular weight excluding hydrogens is 200 g/mol. The molecule has 90 valence electrons. The molecule has 0 spiro atoms. The topological polar surface area (TPSA) is 48.1 Å².